The van der Waals surface area contributed by atoms with Crippen molar-refractivity contribution >= 4 is 11.9 Å². The van der Waals surface area contributed by atoms with Gasteiger partial charge in [-0.15, -0.1) is 4.39 Å². The number of nitrogens with two attached hydrogens (primary N) is 1. The smallest absolute Gasteiger partial charge is 0.435 e. The maximum absolute atomic E-state index is 12.1. The molecule has 1 aromatic carbocycles. The second-order valence-electron chi connectivity index (χ2n) is 5.02. The van der Waals surface area contributed by atoms with Gasteiger partial charge in [-0.25, -0.2) is 4.79 Å². The quantitative estimate of drug-likeness (QED) is 0.648. The van der Waals surface area contributed by atoms with Crippen LogP contribution in [0.5, 0.6) is 0 Å². The lowest BCUT2D eigenvalue weighted by atomic mass is 9.91. The predicted octanol–water partition coefficient (Wildman–Crippen LogP) is 4.12. The molecular weight excluding hydrogens is 233 g/mol. The van der Waals surface area contributed by atoms with E-state index in [-0.39, 0.29) is 18.4 Å². The second kappa shape index (κ2) is 5.85. The molecule has 0 aromatic heterocycles. The van der Waals surface area contributed by atoms with Crippen molar-refractivity contribution in [2.45, 2.75) is 46.1 Å². The number of anilines is 1. The lowest BCUT2D eigenvalue weighted by Crippen LogP contribution is -2.06. The fourth-order valence-electron chi connectivity index (χ4n) is 1.94. The van der Waals surface area contributed by atoms with E-state index in [0.717, 1.165) is 22.4 Å². The van der Waals surface area contributed by atoms with E-state index in [1.807, 2.05) is 39.8 Å². The van der Waals surface area contributed by atoms with Crippen LogP contribution in [0.1, 0.15) is 56.2 Å². The first-order valence-corrected chi connectivity index (χ1v) is 6.07. The summed E-state index contributed by atoms with van der Waals surface area (Å²) >= 11 is 0. The molecule has 0 aliphatic heterocycles. The Kier molecular flexibility index (Phi) is 4.70. The molecule has 0 heterocycles. The largest absolute Gasteiger partial charge is 0.495 e. The minimum Gasteiger partial charge on any atom is -0.435 e. The van der Waals surface area contributed by atoms with Crippen molar-refractivity contribution in [1.82, 2.24) is 0 Å². The molecular formula is C14H20FNO2. The number of ether oxygens (including phenoxy) is 1. The molecule has 0 aliphatic carbocycles. The van der Waals surface area contributed by atoms with Crippen LogP contribution in [-0.4, -0.2) is 6.22 Å². The fraction of sp³-hybridized carbons (Fsp3) is 0.500. The van der Waals surface area contributed by atoms with E-state index in [9.17, 15) is 9.18 Å². The van der Waals surface area contributed by atoms with Gasteiger partial charge in [0.05, 0.1) is 0 Å². The van der Waals surface area contributed by atoms with Gasteiger partial charge in [0.25, 0.3) is 0 Å². The van der Waals surface area contributed by atoms with Crippen LogP contribution in [0.4, 0.5) is 14.9 Å². The molecule has 0 unspecified atom stereocenters. The Balaban J connectivity index is 3.16. The highest BCUT2D eigenvalue weighted by molar-refractivity contribution is 5.60. The molecule has 0 fully saturated rings. The normalized spacial score (nSPS) is 11.1. The van der Waals surface area contributed by atoms with Gasteiger partial charge in [-0.1, -0.05) is 39.8 Å². The third kappa shape index (κ3) is 3.45. The number of nitrogen functional groups attached to an aromatic ring is 1. The van der Waals surface area contributed by atoms with Crippen molar-refractivity contribution in [3.63, 3.8) is 0 Å². The van der Waals surface area contributed by atoms with Gasteiger partial charge in [0, 0.05) is 5.69 Å². The summed E-state index contributed by atoms with van der Waals surface area (Å²) in [5, 5.41) is 0. The van der Waals surface area contributed by atoms with E-state index >= 15 is 0 Å². The van der Waals surface area contributed by atoms with Gasteiger partial charge in [0.2, 0.25) is 0 Å². The van der Waals surface area contributed by atoms with Crippen LogP contribution in [0.15, 0.2) is 12.1 Å². The first-order chi connectivity index (χ1) is 8.32. The molecule has 0 aliphatic rings. The molecule has 0 amide bonds. The zero-order chi connectivity index (χ0) is 13.9. The second-order valence-corrected chi connectivity index (χ2v) is 5.02. The van der Waals surface area contributed by atoms with Crippen LogP contribution in [0.3, 0.4) is 0 Å². The van der Waals surface area contributed by atoms with Crippen molar-refractivity contribution in [3.05, 3.63) is 28.8 Å². The standard InChI is InChI=1S/C14H20FNO2/c1-8(2)11-5-10(7-18-14(15)17)6-12(9(3)4)13(11)16/h5-6,8-9H,7,16H2,1-4H3. The first kappa shape index (κ1) is 14.5. The van der Waals surface area contributed by atoms with Crippen LogP contribution in [0, 0.1) is 0 Å². The lowest BCUT2D eigenvalue weighted by Gasteiger charge is -2.18. The monoisotopic (exact) mass is 253 g/mol. The van der Waals surface area contributed by atoms with Gasteiger partial charge >= 0.3 is 6.22 Å². The third-order valence-electron chi connectivity index (χ3n) is 2.90. The van der Waals surface area contributed by atoms with Crippen LogP contribution in [-0.2, 0) is 11.3 Å². The van der Waals surface area contributed by atoms with Gasteiger partial charge < -0.3 is 10.5 Å². The molecule has 0 saturated carbocycles. The molecule has 4 heteroatoms. The highest BCUT2D eigenvalue weighted by Crippen LogP contribution is 2.31. The summed E-state index contributed by atoms with van der Waals surface area (Å²) < 4.78 is 16.5. The molecule has 1 aromatic rings. The zero-order valence-electron chi connectivity index (χ0n) is 11.3. The number of halogens is 1. The lowest BCUT2D eigenvalue weighted by molar-refractivity contribution is 0.114. The van der Waals surface area contributed by atoms with E-state index in [4.69, 9.17) is 5.73 Å². The molecule has 1 rings (SSSR count). The van der Waals surface area contributed by atoms with E-state index in [1.165, 1.54) is 0 Å². The van der Waals surface area contributed by atoms with Gasteiger partial charge in [-0.05, 0) is 28.5 Å². The molecule has 3 nitrogen and oxygen atoms in total. The van der Waals surface area contributed by atoms with E-state index in [1.54, 1.807) is 0 Å². The molecule has 0 radical (unpaired) electrons. The summed E-state index contributed by atoms with van der Waals surface area (Å²) in [6.07, 6.45) is -1.76. The molecule has 0 atom stereocenters. The van der Waals surface area contributed by atoms with Gasteiger partial charge in [0.15, 0.2) is 0 Å². The molecule has 18 heavy (non-hydrogen) atoms. The summed E-state index contributed by atoms with van der Waals surface area (Å²) in [7, 11) is 0. The van der Waals surface area contributed by atoms with Crippen LogP contribution >= 0.6 is 0 Å². The van der Waals surface area contributed by atoms with Gasteiger partial charge in [-0.3, -0.25) is 0 Å². The molecule has 0 bridgehead atoms. The van der Waals surface area contributed by atoms with Crippen LogP contribution < -0.4 is 5.73 Å². The number of benzene rings is 1. The number of carbonyl (C=O) groups excluding carboxylic acids is 1. The van der Waals surface area contributed by atoms with E-state index < -0.39 is 6.22 Å². The number of rotatable bonds is 4. The average Bonchev–Trinajstić information content (AvgIpc) is 2.26. The number of hydrogen-bond acceptors (Lipinski definition) is 3. The summed E-state index contributed by atoms with van der Waals surface area (Å²) in [6, 6.07) is 3.74. The molecule has 0 spiro atoms. The maximum Gasteiger partial charge on any atom is 0.495 e. The minimum absolute atomic E-state index is 0.0605. The Labute approximate surface area is 107 Å². The predicted molar refractivity (Wildman–Crippen MR) is 70.3 cm³/mol. The van der Waals surface area contributed by atoms with E-state index in [0.29, 0.717) is 0 Å². The SMILES string of the molecule is CC(C)c1cc(COC(=O)F)cc(C(C)C)c1N. The highest BCUT2D eigenvalue weighted by Gasteiger charge is 2.14. The Hall–Kier alpha value is -1.58. The average molecular weight is 253 g/mol. The topological polar surface area (TPSA) is 52.3 Å². The number of hydrogen-bond donors (Lipinski definition) is 1. The Morgan fingerprint density at radius 1 is 1.22 bits per heavy atom. The zero-order valence-corrected chi connectivity index (χ0v) is 11.3. The summed E-state index contributed by atoms with van der Waals surface area (Å²) in [5.41, 5.74) is 9.68. The molecule has 0 saturated heterocycles. The molecule has 2 N–H and O–H groups in total. The summed E-state index contributed by atoms with van der Waals surface area (Å²) in [4.78, 5) is 10.2. The Morgan fingerprint density at radius 3 is 2.00 bits per heavy atom. The maximum atomic E-state index is 12.1. The van der Waals surface area contributed by atoms with Crippen LogP contribution in [0.2, 0.25) is 0 Å². The Bertz CT molecular complexity index is 412. The fourth-order valence-corrected chi connectivity index (χ4v) is 1.94. The molecule has 100 valence electrons. The van der Waals surface area contributed by atoms with Crippen molar-refractivity contribution < 1.29 is 13.9 Å². The van der Waals surface area contributed by atoms with Gasteiger partial charge in [-0.2, -0.15) is 0 Å². The summed E-state index contributed by atoms with van der Waals surface area (Å²) in [6.45, 7) is 8.11. The van der Waals surface area contributed by atoms with Crippen molar-refractivity contribution in [2.75, 3.05) is 5.73 Å². The van der Waals surface area contributed by atoms with Crippen LogP contribution in [0.25, 0.3) is 0 Å². The summed E-state index contributed by atoms with van der Waals surface area (Å²) in [5.74, 6) is 0.534. The van der Waals surface area contributed by atoms with Crippen molar-refractivity contribution in [3.8, 4) is 0 Å². The van der Waals surface area contributed by atoms with Crippen molar-refractivity contribution in [1.29, 1.82) is 0 Å². The third-order valence-corrected chi connectivity index (χ3v) is 2.90. The number of carbonyl (C=O) groups is 1. The highest BCUT2D eigenvalue weighted by atomic mass is 19.1. The minimum atomic E-state index is -1.76. The van der Waals surface area contributed by atoms with Crippen molar-refractivity contribution in [2.24, 2.45) is 0 Å². The van der Waals surface area contributed by atoms with E-state index in [2.05, 4.69) is 4.74 Å². The first-order valence-electron chi connectivity index (χ1n) is 6.07. The van der Waals surface area contributed by atoms with Gasteiger partial charge in [0.1, 0.15) is 6.61 Å². The Morgan fingerprint density at radius 2 is 1.67 bits per heavy atom.